The molecule has 1 heterocycles. The van der Waals surface area contributed by atoms with E-state index >= 15 is 0 Å². The van der Waals surface area contributed by atoms with Gasteiger partial charge in [-0.25, -0.2) is 0 Å². The van der Waals surface area contributed by atoms with E-state index in [0.717, 1.165) is 12.1 Å². The van der Waals surface area contributed by atoms with E-state index in [0.29, 0.717) is 24.3 Å². The van der Waals surface area contributed by atoms with Crippen molar-refractivity contribution in [3.8, 4) is 0 Å². The largest absolute Gasteiger partial charge is 0.336 e. The van der Waals surface area contributed by atoms with E-state index in [2.05, 4.69) is 13.8 Å². The van der Waals surface area contributed by atoms with Crippen LogP contribution in [0.5, 0.6) is 0 Å². The predicted octanol–water partition coefficient (Wildman–Crippen LogP) is 2.84. The van der Waals surface area contributed by atoms with Gasteiger partial charge >= 0.3 is 0 Å². The molecular formula is C19H26N2O3. The second-order valence-corrected chi connectivity index (χ2v) is 7.02. The van der Waals surface area contributed by atoms with Crippen LogP contribution in [-0.2, 0) is 16.1 Å². The Morgan fingerprint density at radius 2 is 1.58 bits per heavy atom. The fourth-order valence-electron chi connectivity index (χ4n) is 2.82. The Kier molecular flexibility index (Phi) is 5.75. The van der Waals surface area contributed by atoms with Crippen molar-refractivity contribution in [3.63, 3.8) is 0 Å². The third-order valence-electron chi connectivity index (χ3n) is 4.14. The maximum absolute atomic E-state index is 12.7. The Hall–Kier alpha value is -2.17. The number of benzene rings is 1. The number of carbonyl (C=O) groups is 3. The van der Waals surface area contributed by atoms with Crippen LogP contribution in [0.2, 0.25) is 0 Å². The molecule has 2 rings (SSSR count). The monoisotopic (exact) mass is 330 g/mol. The first-order valence-corrected chi connectivity index (χ1v) is 8.52. The molecule has 5 heteroatoms. The van der Waals surface area contributed by atoms with Gasteiger partial charge in [0.2, 0.25) is 11.8 Å². The smallest absolute Gasteiger partial charge is 0.254 e. The summed E-state index contributed by atoms with van der Waals surface area (Å²) in [4.78, 5) is 39.2. The van der Waals surface area contributed by atoms with Crippen molar-refractivity contribution >= 4 is 17.7 Å². The van der Waals surface area contributed by atoms with Crippen LogP contribution >= 0.6 is 0 Å². The maximum Gasteiger partial charge on any atom is 0.254 e. The lowest BCUT2D eigenvalue weighted by Gasteiger charge is -2.28. The first kappa shape index (κ1) is 18.2. The summed E-state index contributed by atoms with van der Waals surface area (Å²) in [5.74, 6) is 0.174. The van der Waals surface area contributed by atoms with E-state index in [1.807, 2.05) is 30.9 Å². The van der Waals surface area contributed by atoms with E-state index in [1.54, 1.807) is 12.1 Å². The average Bonchev–Trinajstić information content (AvgIpc) is 2.84. The lowest BCUT2D eigenvalue weighted by Crippen LogP contribution is -2.39. The minimum atomic E-state index is -0.122. The normalized spacial score (nSPS) is 14.8. The second kappa shape index (κ2) is 7.60. The zero-order chi connectivity index (χ0) is 17.9. The molecule has 0 atom stereocenters. The van der Waals surface area contributed by atoms with E-state index in [4.69, 9.17) is 0 Å². The zero-order valence-electron chi connectivity index (χ0n) is 14.9. The predicted molar refractivity (Wildman–Crippen MR) is 92.2 cm³/mol. The van der Waals surface area contributed by atoms with Gasteiger partial charge in [-0.2, -0.15) is 0 Å². The molecule has 0 saturated carbocycles. The minimum absolute atomic E-state index is 0.0126. The van der Waals surface area contributed by atoms with E-state index in [1.165, 1.54) is 4.90 Å². The van der Waals surface area contributed by atoms with E-state index in [9.17, 15) is 14.4 Å². The van der Waals surface area contributed by atoms with Gasteiger partial charge in [0.15, 0.2) is 0 Å². The first-order valence-electron chi connectivity index (χ1n) is 8.52. The van der Waals surface area contributed by atoms with E-state index < -0.39 is 0 Å². The van der Waals surface area contributed by atoms with Crippen LogP contribution in [0.25, 0.3) is 0 Å². The first-order chi connectivity index (χ1) is 11.3. The zero-order valence-corrected chi connectivity index (χ0v) is 14.9. The summed E-state index contributed by atoms with van der Waals surface area (Å²) < 4.78 is 0. The molecule has 1 aliphatic rings. The van der Waals surface area contributed by atoms with Gasteiger partial charge in [-0.05, 0) is 37.5 Å². The van der Waals surface area contributed by atoms with Gasteiger partial charge in [0.1, 0.15) is 0 Å². The third-order valence-corrected chi connectivity index (χ3v) is 4.14. The summed E-state index contributed by atoms with van der Waals surface area (Å²) in [6, 6.07) is 7.33. The molecule has 0 spiro atoms. The van der Waals surface area contributed by atoms with Crippen molar-refractivity contribution in [3.05, 3.63) is 35.4 Å². The molecular weight excluding hydrogens is 304 g/mol. The molecule has 0 unspecified atom stereocenters. The molecule has 0 aromatic heterocycles. The number of imide groups is 1. The van der Waals surface area contributed by atoms with Gasteiger partial charge in [-0.15, -0.1) is 0 Å². The van der Waals surface area contributed by atoms with Gasteiger partial charge in [0, 0.05) is 31.0 Å². The molecule has 1 fully saturated rings. The van der Waals surface area contributed by atoms with Crippen LogP contribution in [0.1, 0.15) is 56.5 Å². The highest BCUT2D eigenvalue weighted by Crippen LogP contribution is 2.17. The van der Waals surface area contributed by atoms with Crippen molar-refractivity contribution in [2.45, 2.75) is 53.1 Å². The number of nitrogens with zero attached hydrogens (tertiary/aromatic N) is 2. The number of likely N-dealkylation sites (tertiary alicyclic amines) is 1. The highest BCUT2D eigenvalue weighted by atomic mass is 16.2. The SMILES string of the molecule is CC(C)CN(C(=O)c1ccc(CN2C(=O)CCC2=O)cc1)C(C)C. The van der Waals surface area contributed by atoms with Gasteiger partial charge in [-0.1, -0.05) is 26.0 Å². The Labute approximate surface area is 143 Å². The van der Waals surface area contributed by atoms with Crippen molar-refractivity contribution in [2.75, 3.05) is 6.54 Å². The molecule has 0 radical (unpaired) electrons. The van der Waals surface area contributed by atoms with Gasteiger partial charge in [0.05, 0.1) is 6.54 Å². The van der Waals surface area contributed by atoms with Crippen LogP contribution < -0.4 is 0 Å². The highest BCUT2D eigenvalue weighted by molar-refractivity contribution is 6.01. The Morgan fingerprint density at radius 1 is 1.04 bits per heavy atom. The standard InChI is InChI=1S/C19H26N2O3/c1-13(2)11-20(14(3)4)19(24)16-7-5-15(6-8-16)12-21-17(22)9-10-18(21)23/h5-8,13-14H,9-12H2,1-4H3. The van der Waals surface area contributed by atoms with Crippen LogP contribution in [-0.4, -0.2) is 40.1 Å². The molecule has 3 amide bonds. The van der Waals surface area contributed by atoms with Crippen LogP contribution in [0.15, 0.2) is 24.3 Å². The lowest BCUT2D eigenvalue weighted by molar-refractivity contribution is -0.139. The van der Waals surface area contributed by atoms with Crippen LogP contribution in [0.4, 0.5) is 0 Å². The molecule has 0 N–H and O–H groups in total. The number of carbonyl (C=O) groups excluding carboxylic acids is 3. The highest BCUT2D eigenvalue weighted by Gasteiger charge is 2.28. The lowest BCUT2D eigenvalue weighted by atomic mass is 10.1. The Morgan fingerprint density at radius 3 is 2.04 bits per heavy atom. The average molecular weight is 330 g/mol. The topological polar surface area (TPSA) is 57.7 Å². The quantitative estimate of drug-likeness (QED) is 0.754. The van der Waals surface area contributed by atoms with Crippen LogP contribution in [0.3, 0.4) is 0 Å². The van der Waals surface area contributed by atoms with Crippen molar-refractivity contribution in [2.24, 2.45) is 5.92 Å². The Balaban J connectivity index is 2.09. The minimum Gasteiger partial charge on any atom is -0.336 e. The molecule has 1 saturated heterocycles. The molecule has 5 nitrogen and oxygen atoms in total. The second-order valence-electron chi connectivity index (χ2n) is 7.02. The summed E-state index contributed by atoms with van der Waals surface area (Å²) >= 11 is 0. The van der Waals surface area contributed by atoms with Crippen LogP contribution in [0, 0.1) is 5.92 Å². The molecule has 1 aromatic rings. The summed E-state index contributed by atoms with van der Waals surface area (Å²) in [5, 5.41) is 0. The van der Waals surface area contributed by atoms with Gasteiger partial charge in [0.25, 0.3) is 5.91 Å². The molecule has 0 aliphatic carbocycles. The molecule has 24 heavy (non-hydrogen) atoms. The van der Waals surface area contributed by atoms with Gasteiger partial charge < -0.3 is 4.90 Å². The molecule has 1 aliphatic heterocycles. The Bertz CT molecular complexity index is 604. The summed E-state index contributed by atoms with van der Waals surface area (Å²) in [6.45, 7) is 9.21. The molecule has 1 aromatic carbocycles. The van der Waals surface area contributed by atoms with Crippen molar-refractivity contribution in [1.82, 2.24) is 9.80 Å². The number of hydrogen-bond acceptors (Lipinski definition) is 3. The van der Waals surface area contributed by atoms with E-state index in [-0.39, 0.29) is 30.3 Å². The molecule has 0 bridgehead atoms. The summed E-state index contributed by atoms with van der Waals surface area (Å²) in [7, 11) is 0. The fraction of sp³-hybridized carbons (Fsp3) is 0.526. The van der Waals surface area contributed by atoms with Crippen molar-refractivity contribution in [1.29, 1.82) is 0 Å². The third kappa shape index (κ3) is 4.22. The molecule has 130 valence electrons. The number of hydrogen-bond donors (Lipinski definition) is 0. The van der Waals surface area contributed by atoms with Crippen molar-refractivity contribution < 1.29 is 14.4 Å². The number of rotatable bonds is 6. The fourth-order valence-corrected chi connectivity index (χ4v) is 2.82. The van der Waals surface area contributed by atoms with Gasteiger partial charge in [-0.3, -0.25) is 19.3 Å². The number of amides is 3. The summed E-state index contributed by atoms with van der Waals surface area (Å²) in [5.41, 5.74) is 1.49. The summed E-state index contributed by atoms with van der Waals surface area (Å²) in [6.07, 6.45) is 0.599. The maximum atomic E-state index is 12.7.